The quantitative estimate of drug-likeness (QED) is 0.168. The van der Waals surface area contributed by atoms with Gasteiger partial charge in [-0.25, -0.2) is 8.42 Å². The number of pyridine rings is 1. The number of nitrogens with zero attached hydrogens (tertiary/aromatic N) is 2. The third-order valence-electron chi connectivity index (χ3n) is 5.58. The fourth-order valence-corrected chi connectivity index (χ4v) is 6.44. The Hall–Kier alpha value is -2.66. The third kappa shape index (κ3) is 12.0. The van der Waals surface area contributed by atoms with Crippen LogP contribution in [0.2, 0.25) is 0 Å². The minimum atomic E-state index is -3.67. The molecule has 1 aliphatic rings. The summed E-state index contributed by atoms with van der Waals surface area (Å²) in [5.74, 6) is 0.0182. The molecule has 0 radical (unpaired) electrons. The summed E-state index contributed by atoms with van der Waals surface area (Å²) in [5.41, 5.74) is 1.02. The number of hydrogen-bond acceptors (Lipinski definition) is 9. The van der Waals surface area contributed by atoms with Gasteiger partial charge in [0.05, 0.1) is 23.0 Å². The van der Waals surface area contributed by atoms with E-state index in [2.05, 4.69) is 15.6 Å². The van der Waals surface area contributed by atoms with Crippen LogP contribution in [0.4, 0.5) is 5.69 Å². The lowest BCUT2D eigenvalue weighted by atomic mass is 9.80. The van der Waals surface area contributed by atoms with Crippen LogP contribution in [0.5, 0.6) is 0 Å². The van der Waals surface area contributed by atoms with Crippen LogP contribution in [0, 0.1) is 23.2 Å². The number of sulfone groups is 1. The van der Waals surface area contributed by atoms with Crippen LogP contribution >= 0.6 is 11.8 Å². The molecule has 0 saturated heterocycles. The van der Waals surface area contributed by atoms with Gasteiger partial charge in [-0.1, -0.05) is 12.8 Å². The monoisotopic (exact) mass is 568 g/mol. The molecule has 10 nitrogen and oxygen atoms in total. The predicted octanol–water partition coefficient (Wildman–Crippen LogP) is 3.01. The number of aromatic nitrogens is 1. The highest BCUT2D eigenvalue weighted by Crippen LogP contribution is 2.33. The number of rotatable bonds is 10. The van der Waals surface area contributed by atoms with E-state index in [4.69, 9.17) is 9.81 Å². The molecule has 0 bridgehead atoms. The van der Waals surface area contributed by atoms with Gasteiger partial charge in [-0.05, 0) is 55.2 Å². The molecule has 13 heteroatoms. The largest absolute Gasteiger partial charge is 0.384 e. The summed E-state index contributed by atoms with van der Waals surface area (Å²) in [5, 5.41) is 14.6. The van der Waals surface area contributed by atoms with E-state index in [0.29, 0.717) is 24.0 Å². The first-order chi connectivity index (χ1) is 17.5. The number of carbonyl (C=O) groups is 1. The summed E-state index contributed by atoms with van der Waals surface area (Å²) in [6, 6.07) is 12.7. The van der Waals surface area contributed by atoms with E-state index in [1.165, 1.54) is 0 Å². The molecule has 1 amide bonds. The van der Waals surface area contributed by atoms with Gasteiger partial charge in [-0.3, -0.25) is 14.3 Å². The average Bonchev–Trinajstić information content (AvgIpc) is 2.85. The normalized spacial score (nSPS) is 17.5. The first-order valence-electron chi connectivity index (χ1n) is 11.7. The molecule has 37 heavy (non-hydrogen) atoms. The Morgan fingerprint density at radius 3 is 2.35 bits per heavy atom. The number of nitriles is 1. The number of amides is 1. The maximum absolute atomic E-state index is 13.0. The van der Waals surface area contributed by atoms with Crippen molar-refractivity contribution in [3.63, 3.8) is 0 Å². The van der Waals surface area contributed by atoms with Gasteiger partial charge in [-0.15, -0.1) is 11.8 Å². The number of nitrogens with one attached hydrogen (secondary N) is 2. The molecule has 0 unspecified atom stereocenters. The van der Waals surface area contributed by atoms with Crippen LogP contribution in [-0.4, -0.2) is 63.1 Å². The van der Waals surface area contributed by atoms with Gasteiger partial charge in [0.2, 0.25) is 5.91 Å². The summed E-state index contributed by atoms with van der Waals surface area (Å²) in [6.07, 6.45) is 7.40. The lowest BCUT2D eigenvalue weighted by Crippen LogP contribution is -2.39. The van der Waals surface area contributed by atoms with Gasteiger partial charge < -0.3 is 10.6 Å². The van der Waals surface area contributed by atoms with E-state index in [1.807, 2.05) is 30.3 Å². The highest BCUT2D eigenvalue weighted by Gasteiger charge is 2.34. The van der Waals surface area contributed by atoms with Gasteiger partial charge >= 0.3 is 0 Å². The summed E-state index contributed by atoms with van der Waals surface area (Å²) in [4.78, 5) is 17.7. The molecule has 0 spiro atoms. The molecular weight excluding hydrogens is 536 g/mol. The van der Waals surface area contributed by atoms with E-state index in [1.54, 1.807) is 36.3 Å². The molecule has 3 rings (SSSR count). The Labute approximate surface area is 222 Å². The van der Waals surface area contributed by atoms with Crippen LogP contribution in [-0.2, 0) is 24.7 Å². The zero-order chi connectivity index (χ0) is 27.3. The molecule has 1 saturated carbocycles. The zero-order valence-corrected chi connectivity index (χ0v) is 23.0. The predicted molar refractivity (Wildman–Crippen MR) is 143 cm³/mol. The van der Waals surface area contributed by atoms with E-state index in [0.717, 1.165) is 35.7 Å². The summed E-state index contributed by atoms with van der Waals surface area (Å²) < 4.78 is 51.9. The minimum Gasteiger partial charge on any atom is -0.384 e. The first kappa shape index (κ1) is 30.6. The second kappa shape index (κ2) is 14.9. The highest BCUT2D eigenvalue weighted by molar-refractivity contribution is 7.99. The Balaban J connectivity index is 0.000000877. The molecule has 0 aliphatic heterocycles. The van der Waals surface area contributed by atoms with E-state index >= 15 is 0 Å². The topological polar surface area (TPSA) is 166 Å². The van der Waals surface area contributed by atoms with E-state index in [-0.39, 0.29) is 30.0 Å². The maximum Gasteiger partial charge on any atom is 0.261 e. The van der Waals surface area contributed by atoms with Crippen molar-refractivity contribution in [2.75, 3.05) is 36.2 Å². The fraction of sp³-hybridized carbons (Fsp3) is 0.458. The van der Waals surface area contributed by atoms with Crippen LogP contribution in [0.3, 0.4) is 0 Å². The number of hydrogen-bond donors (Lipinski definition) is 3. The minimum absolute atomic E-state index is 0.0417. The van der Waals surface area contributed by atoms with Crippen LogP contribution < -0.4 is 10.6 Å². The second-order valence-electron chi connectivity index (χ2n) is 8.52. The molecule has 3 N–H and O–H groups in total. The molecule has 1 heterocycles. The SMILES string of the molecule is CS(=O)(=O)O.N#CCNC(=O)[C@H]1CCCC[C@@H]1CS(=O)(=O)c1ccc(SCCNc2ccncc2)cc1. The van der Waals surface area contributed by atoms with Gasteiger partial charge in [-0.2, -0.15) is 13.7 Å². The standard InChI is InChI=1S/C23H28N4O3S2.CH4O3S/c24-11-14-27-23(28)22-4-2-1-3-18(22)17-32(29,30)21-7-5-20(6-8-21)31-16-15-26-19-9-12-25-13-10-19;1-5(2,3)4/h5-10,12-13,18,22H,1-4,14-17H2,(H,25,26)(H,27,28);1H3,(H,2,3,4)/t18-,22+;/m1./s1. The van der Waals surface area contributed by atoms with Crippen molar-refractivity contribution in [1.29, 1.82) is 5.26 Å². The Morgan fingerprint density at radius 1 is 1.11 bits per heavy atom. The van der Waals surface area contributed by atoms with E-state index < -0.39 is 20.0 Å². The lowest BCUT2D eigenvalue weighted by Gasteiger charge is -2.30. The van der Waals surface area contributed by atoms with E-state index in [9.17, 15) is 21.6 Å². The van der Waals surface area contributed by atoms with Gasteiger partial charge in [0.15, 0.2) is 9.84 Å². The number of carbonyl (C=O) groups excluding carboxylic acids is 1. The molecule has 1 aromatic carbocycles. The molecule has 202 valence electrons. The van der Waals surface area contributed by atoms with Crippen molar-refractivity contribution in [3.05, 3.63) is 48.8 Å². The second-order valence-corrected chi connectivity index (χ2v) is 13.2. The lowest BCUT2D eigenvalue weighted by molar-refractivity contribution is -0.127. The van der Waals surface area contributed by atoms with Crippen LogP contribution in [0.15, 0.2) is 58.6 Å². The smallest absolute Gasteiger partial charge is 0.261 e. The summed E-state index contributed by atoms with van der Waals surface area (Å²) >= 11 is 1.65. The van der Waals surface area contributed by atoms with Crippen molar-refractivity contribution in [2.24, 2.45) is 11.8 Å². The Bertz CT molecular complexity index is 1240. The summed E-state index contributed by atoms with van der Waals surface area (Å²) in [7, 11) is -7.16. The van der Waals surface area contributed by atoms with Crippen molar-refractivity contribution in [1.82, 2.24) is 10.3 Å². The summed E-state index contributed by atoms with van der Waals surface area (Å²) in [6.45, 7) is 0.734. The van der Waals surface area contributed by atoms with Crippen LogP contribution in [0.1, 0.15) is 25.7 Å². The van der Waals surface area contributed by atoms with Crippen LogP contribution in [0.25, 0.3) is 0 Å². The van der Waals surface area contributed by atoms with Crippen molar-refractivity contribution in [3.8, 4) is 6.07 Å². The molecule has 1 aliphatic carbocycles. The van der Waals surface area contributed by atoms with Gasteiger partial charge in [0.25, 0.3) is 10.1 Å². The Morgan fingerprint density at radius 2 is 1.73 bits per heavy atom. The van der Waals surface area contributed by atoms with Gasteiger partial charge in [0.1, 0.15) is 6.54 Å². The number of benzene rings is 1. The average molecular weight is 569 g/mol. The highest BCUT2D eigenvalue weighted by atomic mass is 32.2. The van der Waals surface area contributed by atoms with Crippen molar-refractivity contribution < 1.29 is 26.2 Å². The molecular formula is C24H32N4O6S3. The Kier molecular flexibility index (Phi) is 12.3. The molecule has 2 atom stereocenters. The first-order valence-corrected chi connectivity index (χ1v) is 16.1. The zero-order valence-electron chi connectivity index (χ0n) is 20.5. The molecule has 2 aromatic rings. The number of anilines is 1. The molecule has 1 fully saturated rings. The maximum atomic E-state index is 13.0. The number of thioether (sulfide) groups is 1. The third-order valence-corrected chi connectivity index (χ3v) is 8.46. The van der Waals surface area contributed by atoms with Crippen molar-refractivity contribution >= 4 is 43.3 Å². The molecule has 1 aromatic heterocycles. The van der Waals surface area contributed by atoms with Gasteiger partial charge in [0, 0.05) is 41.2 Å². The fourth-order valence-electron chi connectivity index (χ4n) is 3.97. The van der Waals surface area contributed by atoms with Crippen molar-refractivity contribution in [2.45, 2.75) is 35.5 Å².